The number of hydrogen-bond acceptors (Lipinski definition) is 11. The summed E-state index contributed by atoms with van der Waals surface area (Å²) in [7, 11) is 3.85. The molecule has 0 rings (SSSR count). The number of rotatable bonds is 41. The monoisotopic (exact) mass is 840 g/mol. The zero-order valence-corrected chi connectivity index (χ0v) is 39.0. The second-order valence-electron chi connectivity index (χ2n) is 17.3. The van der Waals surface area contributed by atoms with Crippen molar-refractivity contribution in [1.82, 2.24) is 4.90 Å². The van der Waals surface area contributed by atoms with Crippen LogP contribution in [0.3, 0.4) is 0 Å². The summed E-state index contributed by atoms with van der Waals surface area (Å²) < 4.78 is 28.6. The highest BCUT2D eigenvalue weighted by atomic mass is 16.6. The molecule has 11 nitrogen and oxygen atoms in total. The van der Waals surface area contributed by atoms with E-state index in [1.165, 1.54) is 6.42 Å². The van der Waals surface area contributed by atoms with Crippen LogP contribution in [0.15, 0.2) is 0 Å². The molecule has 0 heterocycles. The third-order valence-corrected chi connectivity index (χ3v) is 11.0. The predicted octanol–water partition coefficient (Wildman–Crippen LogP) is 11.1. The Morgan fingerprint density at radius 2 is 0.780 bits per heavy atom. The standard InChI is InChI=1S/C48H89NO10/c1-8-13-18-19-20-25-33-55-46(53)36-47(54)59-40-48(37-56-43(50)31-26-32-49(6)7,38-57-44(51)34-41(27-21-14-9-2)28-22-15-10-3)39-58-45(52)35-42(29-23-16-11-4)30-24-17-12-5/h41-42H,8-40H2,1-7H3. The number of esters is 5. The van der Waals surface area contributed by atoms with Crippen LogP contribution in [-0.4, -0.2) is 88.4 Å². The molecule has 0 aromatic carbocycles. The molecule has 0 saturated heterocycles. The van der Waals surface area contributed by atoms with E-state index in [1.54, 1.807) is 0 Å². The maximum absolute atomic E-state index is 13.5. The minimum atomic E-state index is -1.39. The van der Waals surface area contributed by atoms with Crippen molar-refractivity contribution < 1.29 is 47.7 Å². The molecule has 0 fully saturated rings. The molecule has 0 bridgehead atoms. The van der Waals surface area contributed by atoms with Crippen LogP contribution >= 0.6 is 0 Å². The molecule has 0 aliphatic heterocycles. The fraction of sp³-hybridized carbons (Fsp3) is 0.896. The Kier molecular flexibility index (Phi) is 36.5. The fourth-order valence-corrected chi connectivity index (χ4v) is 7.10. The van der Waals surface area contributed by atoms with Crippen LogP contribution < -0.4 is 0 Å². The molecule has 0 spiro atoms. The lowest BCUT2D eigenvalue weighted by atomic mass is 9.90. The zero-order chi connectivity index (χ0) is 44.0. The molecule has 0 radical (unpaired) electrons. The van der Waals surface area contributed by atoms with E-state index in [0.717, 1.165) is 135 Å². The molecule has 346 valence electrons. The Balaban J connectivity index is 6.19. The van der Waals surface area contributed by atoms with Crippen molar-refractivity contribution in [1.29, 1.82) is 0 Å². The summed E-state index contributed by atoms with van der Waals surface area (Å²) in [5, 5.41) is 0. The Labute approximate surface area is 360 Å². The van der Waals surface area contributed by atoms with E-state index >= 15 is 0 Å². The summed E-state index contributed by atoms with van der Waals surface area (Å²) in [6.45, 7) is 10.4. The summed E-state index contributed by atoms with van der Waals surface area (Å²) >= 11 is 0. The molecule has 11 heteroatoms. The molecule has 0 aliphatic rings. The Hall–Kier alpha value is -2.69. The van der Waals surface area contributed by atoms with E-state index in [2.05, 4.69) is 34.6 Å². The average Bonchev–Trinajstić information content (AvgIpc) is 3.20. The van der Waals surface area contributed by atoms with Gasteiger partial charge in [0.15, 0.2) is 0 Å². The summed E-state index contributed by atoms with van der Waals surface area (Å²) in [5.41, 5.74) is -1.39. The van der Waals surface area contributed by atoms with Gasteiger partial charge in [0.1, 0.15) is 38.3 Å². The van der Waals surface area contributed by atoms with Crippen molar-refractivity contribution in [2.75, 3.05) is 53.7 Å². The van der Waals surface area contributed by atoms with Crippen LogP contribution in [0.2, 0.25) is 0 Å². The number of hydrogen-bond donors (Lipinski definition) is 0. The van der Waals surface area contributed by atoms with Gasteiger partial charge in [-0.2, -0.15) is 0 Å². The van der Waals surface area contributed by atoms with Crippen LogP contribution in [0.5, 0.6) is 0 Å². The first kappa shape index (κ1) is 56.3. The van der Waals surface area contributed by atoms with Gasteiger partial charge in [-0.3, -0.25) is 24.0 Å². The molecule has 0 aromatic heterocycles. The lowest BCUT2D eigenvalue weighted by Gasteiger charge is -2.32. The first-order valence-corrected chi connectivity index (χ1v) is 23.9. The van der Waals surface area contributed by atoms with Crippen LogP contribution in [0, 0.1) is 17.3 Å². The van der Waals surface area contributed by atoms with E-state index in [0.29, 0.717) is 13.0 Å². The molecule has 0 amide bonds. The maximum atomic E-state index is 13.5. The van der Waals surface area contributed by atoms with Gasteiger partial charge in [-0.1, -0.05) is 144 Å². The van der Waals surface area contributed by atoms with Crippen molar-refractivity contribution >= 4 is 29.8 Å². The SMILES string of the molecule is CCCCCCCCOC(=O)CC(=O)OCC(COC(=O)CCCN(C)C)(COC(=O)CC(CCCCC)CCCCC)COC(=O)CC(CCCCC)CCCCC. The topological polar surface area (TPSA) is 135 Å². The number of carbonyl (C=O) groups is 5. The number of ether oxygens (including phenoxy) is 5. The van der Waals surface area contributed by atoms with Crippen molar-refractivity contribution in [3.05, 3.63) is 0 Å². The van der Waals surface area contributed by atoms with Crippen molar-refractivity contribution in [2.45, 2.75) is 208 Å². The molecule has 0 N–H and O–H groups in total. The minimum absolute atomic E-state index is 0.159. The van der Waals surface area contributed by atoms with Gasteiger partial charge in [0.2, 0.25) is 0 Å². The maximum Gasteiger partial charge on any atom is 0.317 e. The molecule has 59 heavy (non-hydrogen) atoms. The summed E-state index contributed by atoms with van der Waals surface area (Å²) in [6.07, 6.45) is 23.5. The van der Waals surface area contributed by atoms with Gasteiger partial charge < -0.3 is 28.6 Å². The quantitative estimate of drug-likeness (QED) is 0.0252. The molecule has 0 atom stereocenters. The van der Waals surface area contributed by atoms with Gasteiger partial charge in [0.25, 0.3) is 0 Å². The highest BCUT2D eigenvalue weighted by Crippen LogP contribution is 2.27. The molecule has 0 aromatic rings. The van der Waals surface area contributed by atoms with E-state index in [9.17, 15) is 24.0 Å². The van der Waals surface area contributed by atoms with E-state index in [-0.39, 0.29) is 57.5 Å². The number of carbonyl (C=O) groups excluding carboxylic acids is 5. The minimum Gasteiger partial charge on any atom is -0.465 e. The molecule has 0 aliphatic carbocycles. The van der Waals surface area contributed by atoms with Crippen LogP contribution in [0.25, 0.3) is 0 Å². The largest absolute Gasteiger partial charge is 0.465 e. The van der Waals surface area contributed by atoms with Crippen molar-refractivity contribution in [3.63, 3.8) is 0 Å². The van der Waals surface area contributed by atoms with E-state index in [1.807, 2.05) is 19.0 Å². The molecular formula is C48H89NO10. The highest BCUT2D eigenvalue weighted by Gasteiger charge is 2.38. The summed E-state index contributed by atoms with van der Waals surface area (Å²) in [6, 6.07) is 0. The Morgan fingerprint density at radius 1 is 0.424 bits per heavy atom. The molecule has 0 unspecified atom stereocenters. The van der Waals surface area contributed by atoms with Crippen molar-refractivity contribution in [2.24, 2.45) is 17.3 Å². The predicted molar refractivity (Wildman–Crippen MR) is 236 cm³/mol. The third-order valence-electron chi connectivity index (χ3n) is 11.0. The van der Waals surface area contributed by atoms with Gasteiger partial charge in [-0.15, -0.1) is 0 Å². The van der Waals surface area contributed by atoms with Gasteiger partial charge in [0.05, 0.1) is 6.61 Å². The smallest absolute Gasteiger partial charge is 0.317 e. The summed E-state index contributed by atoms with van der Waals surface area (Å²) in [4.78, 5) is 67.6. The lowest BCUT2D eigenvalue weighted by molar-refractivity contribution is -0.172. The van der Waals surface area contributed by atoms with Crippen LogP contribution in [0.4, 0.5) is 0 Å². The van der Waals surface area contributed by atoms with Gasteiger partial charge >= 0.3 is 29.8 Å². The van der Waals surface area contributed by atoms with Crippen LogP contribution in [0.1, 0.15) is 208 Å². The number of nitrogens with zero attached hydrogens (tertiary/aromatic N) is 1. The van der Waals surface area contributed by atoms with Gasteiger partial charge in [-0.05, 0) is 71.0 Å². The normalized spacial score (nSPS) is 11.6. The highest BCUT2D eigenvalue weighted by molar-refractivity contribution is 5.91. The number of unbranched alkanes of at least 4 members (excludes halogenated alkanes) is 13. The first-order chi connectivity index (χ1) is 28.4. The van der Waals surface area contributed by atoms with Gasteiger partial charge in [-0.25, -0.2) is 0 Å². The third kappa shape index (κ3) is 33.7. The first-order valence-electron chi connectivity index (χ1n) is 23.9. The van der Waals surface area contributed by atoms with E-state index < -0.39 is 48.3 Å². The zero-order valence-electron chi connectivity index (χ0n) is 39.0. The summed E-state index contributed by atoms with van der Waals surface area (Å²) in [5.74, 6) is -2.40. The second-order valence-corrected chi connectivity index (χ2v) is 17.3. The fourth-order valence-electron chi connectivity index (χ4n) is 7.10. The second kappa shape index (κ2) is 38.2. The van der Waals surface area contributed by atoms with Crippen molar-refractivity contribution in [3.8, 4) is 0 Å². The Bertz CT molecular complexity index is 1020. The lowest BCUT2D eigenvalue weighted by Crippen LogP contribution is -2.44. The average molecular weight is 840 g/mol. The van der Waals surface area contributed by atoms with E-state index in [4.69, 9.17) is 23.7 Å². The molecule has 0 saturated carbocycles. The van der Waals surface area contributed by atoms with Gasteiger partial charge in [0, 0.05) is 19.3 Å². The van der Waals surface area contributed by atoms with Crippen LogP contribution in [-0.2, 0) is 47.7 Å². The Morgan fingerprint density at radius 3 is 1.20 bits per heavy atom. The molecular weight excluding hydrogens is 751 g/mol.